The molecule has 2 atom stereocenters. The molecule has 1 fully saturated rings. The Morgan fingerprint density at radius 1 is 1.47 bits per heavy atom. The summed E-state index contributed by atoms with van der Waals surface area (Å²) in [6.07, 6.45) is 2.54. The summed E-state index contributed by atoms with van der Waals surface area (Å²) in [7, 11) is 0. The van der Waals surface area contributed by atoms with Gasteiger partial charge in [-0.2, -0.15) is 0 Å². The van der Waals surface area contributed by atoms with Gasteiger partial charge in [0.05, 0.1) is 5.41 Å². The van der Waals surface area contributed by atoms with Crippen molar-refractivity contribution < 1.29 is 13.6 Å². The van der Waals surface area contributed by atoms with Gasteiger partial charge >= 0.3 is 0 Å². The van der Waals surface area contributed by atoms with Crippen molar-refractivity contribution in [2.24, 2.45) is 11.1 Å². The van der Waals surface area contributed by atoms with Crippen molar-refractivity contribution in [3.63, 3.8) is 0 Å². The lowest BCUT2D eigenvalue weighted by Gasteiger charge is -2.27. The fourth-order valence-corrected chi connectivity index (χ4v) is 2.51. The number of rotatable bonds is 3. The van der Waals surface area contributed by atoms with E-state index in [2.05, 4.69) is 5.32 Å². The third kappa shape index (κ3) is 2.76. The van der Waals surface area contributed by atoms with Crippen LogP contribution in [0.15, 0.2) is 18.2 Å². The lowest BCUT2D eigenvalue weighted by atomic mass is 9.84. The summed E-state index contributed by atoms with van der Waals surface area (Å²) in [5, 5.41) is 2.75. The van der Waals surface area contributed by atoms with Crippen molar-refractivity contribution in [3.05, 3.63) is 35.4 Å². The first-order valence-corrected chi connectivity index (χ1v) is 6.41. The van der Waals surface area contributed by atoms with E-state index in [1.807, 2.05) is 6.92 Å². The molecule has 1 aromatic rings. The maximum atomic E-state index is 13.0. The van der Waals surface area contributed by atoms with Crippen LogP contribution in [-0.4, -0.2) is 11.9 Å². The quantitative estimate of drug-likeness (QED) is 0.882. The van der Waals surface area contributed by atoms with Crippen molar-refractivity contribution in [1.29, 1.82) is 0 Å². The van der Waals surface area contributed by atoms with E-state index >= 15 is 0 Å². The van der Waals surface area contributed by atoms with Gasteiger partial charge in [0.25, 0.3) is 0 Å². The van der Waals surface area contributed by atoms with E-state index in [9.17, 15) is 13.6 Å². The first kappa shape index (κ1) is 13.9. The fourth-order valence-electron chi connectivity index (χ4n) is 2.51. The molecule has 19 heavy (non-hydrogen) atoms. The molecule has 1 aliphatic rings. The molecule has 2 unspecified atom stereocenters. The Hall–Kier alpha value is -1.49. The minimum atomic E-state index is -0.907. The van der Waals surface area contributed by atoms with Crippen molar-refractivity contribution in [2.45, 2.75) is 38.8 Å². The smallest absolute Gasteiger partial charge is 0.227 e. The number of halogens is 2. The maximum absolute atomic E-state index is 13.0. The molecule has 5 heteroatoms. The van der Waals surface area contributed by atoms with Crippen LogP contribution in [0.25, 0.3) is 0 Å². The molecule has 1 aliphatic carbocycles. The molecule has 0 saturated heterocycles. The third-order valence-corrected chi connectivity index (χ3v) is 3.99. The van der Waals surface area contributed by atoms with Crippen LogP contribution in [0.4, 0.5) is 8.78 Å². The molecule has 0 spiro atoms. The third-order valence-electron chi connectivity index (χ3n) is 3.99. The van der Waals surface area contributed by atoms with E-state index in [4.69, 9.17) is 5.73 Å². The topological polar surface area (TPSA) is 55.1 Å². The van der Waals surface area contributed by atoms with Crippen LogP contribution in [0, 0.1) is 17.0 Å². The van der Waals surface area contributed by atoms with Crippen LogP contribution >= 0.6 is 0 Å². The van der Waals surface area contributed by atoms with Gasteiger partial charge in [0.2, 0.25) is 5.91 Å². The number of benzene rings is 1. The summed E-state index contributed by atoms with van der Waals surface area (Å²) in [5.41, 5.74) is 5.93. The zero-order valence-electron chi connectivity index (χ0n) is 10.9. The highest BCUT2D eigenvalue weighted by Crippen LogP contribution is 2.36. The summed E-state index contributed by atoms with van der Waals surface area (Å²) in [4.78, 5) is 12.1. The predicted octanol–water partition coefficient (Wildman–Crippen LogP) is 2.10. The highest BCUT2D eigenvalue weighted by Gasteiger charge is 2.42. The molecule has 1 aromatic carbocycles. The number of amides is 1. The largest absolute Gasteiger partial charge is 0.352 e. The second-order valence-electron chi connectivity index (χ2n) is 5.35. The Kier molecular flexibility index (Phi) is 3.85. The van der Waals surface area contributed by atoms with Crippen LogP contribution < -0.4 is 11.1 Å². The van der Waals surface area contributed by atoms with Crippen LogP contribution in [0.1, 0.15) is 31.7 Å². The van der Waals surface area contributed by atoms with Gasteiger partial charge < -0.3 is 11.1 Å². The second kappa shape index (κ2) is 5.25. The minimum absolute atomic E-state index is 0.123. The second-order valence-corrected chi connectivity index (χ2v) is 5.35. The molecule has 3 nitrogen and oxygen atoms in total. The molecule has 1 saturated carbocycles. The molecule has 0 heterocycles. The number of nitrogens with two attached hydrogens (primary N) is 1. The summed E-state index contributed by atoms with van der Waals surface area (Å²) < 4.78 is 25.8. The summed E-state index contributed by atoms with van der Waals surface area (Å²) in [6.45, 7) is 2.03. The van der Waals surface area contributed by atoms with Crippen molar-refractivity contribution in [2.75, 3.05) is 0 Å². The lowest BCUT2D eigenvalue weighted by molar-refractivity contribution is -0.130. The van der Waals surface area contributed by atoms with E-state index < -0.39 is 17.0 Å². The molecular formula is C14H18F2N2O. The average Bonchev–Trinajstić information content (AvgIpc) is 2.72. The van der Waals surface area contributed by atoms with E-state index in [-0.39, 0.29) is 18.5 Å². The molecule has 0 bridgehead atoms. The van der Waals surface area contributed by atoms with Gasteiger partial charge in [-0.15, -0.1) is 0 Å². The van der Waals surface area contributed by atoms with E-state index in [1.165, 1.54) is 6.07 Å². The Balaban J connectivity index is 1.98. The highest BCUT2D eigenvalue weighted by atomic mass is 19.2. The van der Waals surface area contributed by atoms with Crippen LogP contribution in [0.5, 0.6) is 0 Å². The van der Waals surface area contributed by atoms with E-state index in [0.717, 1.165) is 31.4 Å². The zero-order chi connectivity index (χ0) is 14.0. The van der Waals surface area contributed by atoms with Gasteiger partial charge in [-0.1, -0.05) is 12.5 Å². The lowest BCUT2D eigenvalue weighted by Crippen LogP contribution is -2.47. The highest BCUT2D eigenvalue weighted by molar-refractivity contribution is 5.83. The van der Waals surface area contributed by atoms with Crippen molar-refractivity contribution >= 4 is 5.91 Å². The van der Waals surface area contributed by atoms with Gasteiger partial charge in [0.1, 0.15) is 0 Å². The van der Waals surface area contributed by atoms with Crippen LogP contribution in [-0.2, 0) is 11.3 Å². The first-order valence-electron chi connectivity index (χ1n) is 6.41. The van der Waals surface area contributed by atoms with E-state index in [1.54, 1.807) is 0 Å². The summed E-state index contributed by atoms with van der Waals surface area (Å²) in [6, 6.07) is 3.46. The monoisotopic (exact) mass is 268 g/mol. The Morgan fingerprint density at radius 2 is 2.21 bits per heavy atom. The minimum Gasteiger partial charge on any atom is -0.352 e. The van der Waals surface area contributed by atoms with Gasteiger partial charge in [-0.3, -0.25) is 4.79 Å². The molecule has 0 aliphatic heterocycles. The fraction of sp³-hybridized carbons (Fsp3) is 0.500. The van der Waals surface area contributed by atoms with Crippen LogP contribution in [0.2, 0.25) is 0 Å². The number of hydrogen-bond acceptors (Lipinski definition) is 2. The van der Waals surface area contributed by atoms with Crippen molar-refractivity contribution in [1.82, 2.24) is 5.32 Å². The number of carbonyl (C=O) groups is 1. The predicted molar refractivity (Wildman–Crippen MR) is 68.1 cm³/mol. The molecule has 3 N–H and O–H groups in total. The summed E-state index contributed by atoms with van der Waals surface area (Å²) in [5.74, 6) is -1.92. The number of nitrogens with one attached hydrogen (secondary N) is 1. The standard InChI is InChI=1S/C14H18F2N2O/c1-14(6-2-3-12(14)17)13(19)18-8-9-4-5-10(15)11(16)7-9/h4-5,7,12H,2-3,6,8,17H2,1H3,(H,18,19). The van der Waals surface area contributed by atoms with Crippen molar-refractivity contribution in [3.8, 4) is 0 Å². The Bertz CT molecular complexity index is 492. The zero-order valence-corrected chi connectivity index (χ0v) is 10.9. The normalized spacial score (nSPS) is 26.4. The molecule has 0 aromatic heterocycles. The average molecular weight is 268 g/mol. The molecule has 1 amide bonds. The van der Waals surface area contributed by atoms with Crippen LogP contribution in [0.3, 0.4) is 0 Å². The molecule has 104 valence electrons. The number of carbonyl (C=O) groups excluding carboxylic acids is 1. The van der Waals surface area contributed by atoms with Gasteiger partial charge in [-0.25, -0.2) is 8.78 Å². The Labute approximate surface area is 111 Å². The first-order chi connectivity index (χ1) is 8.93. The van der Waals surface area contributed by atoms with Gasteiger partial charge in [0, 0.05) is 12.6 Å². The maximum Gasteiger partial charge on any atom is 0.227 e. The molecule has 0 radical (unpaired) electrons. The van der Waals surface area contributed by atoms with Gasteiger partial charge in [0.15, 0.2) is 11.6 Å². The molecule has 2 rings (SSSR count). The SMILES string of the molecule is CC1(C(=O)NCc2ccc(F)c(F)c2)CCCC1N. The van der Waals surface area contributed by atoms with Gasteiger partial charge in [-0.05, 0) is 37.5 Å². The number of hydrogen-bond donors (Lipinski definition) is 2. The summed E-state index contributed by atoms with van der Waals surface area (Å²) >= 11 is 0. The molecular weight excluding hydrogens is 250 g/mol. The van der Waals surface area contributed by atoms with E-state index in [0.29, 0.717) is 5.56 Å². The Morgan fingerprint density at radius 3 is 2.79 bits per heavy atom.